The van der Waals surface area contributed by atoms with Crippen molar-refractivity contribution < 1.29 is 0 Å². The third-order valence-electron chi connectivity index (χ3n) is 2.66. The van der Waals surface area contributed by atoms with Crippen LogP contribution in [0.5, 0.6) is 0 Å². The minimum atomic E-state index is -0.0133. The average Bonchev–Trinajstić information content (AvgIpc) is 2.43. The standard InChI is InChI=1S/C11H15N3O/c1-7(2)14-5-4-9-10(11(14)15)8(12)6-13(9)3/h4-7H,12H2,1-3H3. The highest BCUT2D eigenvalue weighted by Gasteiger charge is 2.10. The monoisotopic (exact) mass is 205 g/mol. The van der Waals surface area contributed by atoms with Gasteiger partial charge < -0.3 is 14.9 Å². The molecule has 2 N–H and O–H groups in total. The molecule has 0 unspecified atom stereocenters. The molecule has 0 radical (unpaired) electrons. The van der Waals surface area contributed by atoms with Crippen LogP contribution < -0.4 is 11.3 Å². The Balaban J connectivity index is 2.90. The Hall–Kier alpha value is -1.71. The van der Waals surface area contributed by atoms with Crippen LogP contribution in [0.25, 0.3) is 10.9 Å². The van der Waals surface area contributed by atoms with Crippen LogP contribution in [0.1, 0.15) is 19.9 Å². The first kappa shape index (κ1) is 9.83. The minimum absolute atomic E-state index is 0.0133. The van der Waals surface area contributed by atoms with Crippen molar-refractivity contribution in [3.63, 3.8) is 0 Å². The van der Waals surface area contributed by atoms with Crippen molar-refractivity contribution in [3.8, 4) is 0 Å². The van der Waals surface area contributed by atoms with Gasteiger partial charge in [0.1, 0.15) is 0 Å². The van der Waals surface area contributed by atoms with Gasteiger partial charge in [0.2, 0.25) is 0 Å². The lowest BCUT2D eigenvalue weighted by atomic mass is 10.2. The zero-order valence-electron chi connectivity index (χ0n) is 9.19. The van der Waals surface area contributed by atoms with Crippen LogP contribution in [0.15, 0.2) is 23.3 Å². The molecule has 80 valence electrons. The third-order valence-corrected chi connectivity index (χ3v) is 2.66. The molecule has 0 aliphatic rings. The molecule has 4 nitrogen and oxygen atoms in total. The number of anilines is 1. The van der Waals surface area contributed by atoms with Crippen molar-refractivity contribution in [1.82, 2.24) is 9.13 Å². The molecule has 2 heterocycles. The van der Waals surface area contributed by atoms with Gasteiger partial charge in [-0.3, -0.25) is 4.79 Å². The van der Waals surface area contributed by atoms with E-state index in [1.807, 2.05) is 37.7 Å². The predicted molar refractivity (Wildman–Crippen MR) is 62.0 cm³/mol. The van der Waals surface area contributed by atoms with E-state index in [2.05, 4.69) is 0 Å². The summed E-state index contributed by atoms with van der Waals surface area (Å²) < 4.78 is 3.56. The molecule has 0 spiro atoms. The first-order valence-corrected chi connectivity index (χ1v) is 4.98. The van der Waals surface area contributed by atoms with Gasteiger partial charge in [-0.2, -0.15) is 0 Å². The number of pyridine rings is 1. The van der Waals surface area contributed by atoms with E-state index in [4.69, 9.17) is 5.73 Å². The largest absolute Gasteiger partial charge is 0.397 e. The zero-order valence-corrected chi connectivity index (χ0v) is 9.19. The van der Waals surface area contributed by atoms with Gasteiger partial charge in [0.05, 0.1) is 16.6 Å². The van der Waals surface area contributed by atoms with E-state index >= 15 is 0 Å². The summed E-state index contributed by atoms with van der Waals surface area (Å²) in [5.41, 5.74) is 7.23. The highest BCUT2D eigenvalue weighted by molar-refractivity contribution is 5.90. The summed E-state index contributed by atoms with van der Waals surface area (Å²) in [6.45, 7) is 3.96. The summed E-state index contributed by atoms with van der Waals surface area (Å²) in [6, 6.07) is 2.08. The average molecular weight is 205 g/mol. The molecule has 0 bridgehead atoms. The second kappa shape index (κ2) is 3.15. The Morgan fingerprint density at radius 2 is 2.07 bits per heavy atom. The number of nitrogen functional groups attached to an aromatic ring is 1. The van der Waals surface area contributed by atoms with Crippen LogP contribution in [-0.2, 0) is 7.05 Å². The van der Waals surface area contributed by atoms with Crippen molar-refractivity contribution >= 4 is 16.6 Å². The molecule has 0 saturated carbocycles. The summed E-state index contributed by atoms with van der Waals surface area (Å²) in [6.07, 6.45) is 3.59. The van der Waals surface area contributed by atoms with Gasteiger partial charge in [-0.15, -0.1) is 0 Å². The molecule has 0 saturated heterocycles. The number of aryl methyl sites for hydroxylation is 1. The normalized spacial score (nSPS) is 11.5. The Morgan fingerprint density at radius 3 is 2.67 bits per heavy atom. The maximum Gasteiger partial charge on any atom is 0.262 e. The molecular weight excluding hydrogens is 190 g/mol. The van der Waals surface area contributed by atoms with Crippen LogP contribution >= 0.6 is 0 Å². The number of aromatic nitrogens is 2. The van der Waals surface area contributed by atoms with Crippen LogP contribution in [0.3, 0.4) is 0 Å². The van der Waals surface area contributed by atoms with Crippen molar-refractivity contribution in [2.24, 2.45) is 7.05 Å². The van der Waals surface area contributed by atoms with Crippen LogP contribution in [-0.4, -0.2) is 9.13 Å². The van der Waals surface area contributed by atoms with Crippen molar-refractivity contribution in [1.29, 1.82) is 0 Å². The quantitative estimate of drug-likeness (QED) is 0.767. The summed E-state index contributed by atoms with van der Waals surface area (Å²) in [7, 11) is 1.89. The summed E-state index contributed by atoms with van der Waals surface area (Å²) >= 11 is 0. The van der Waals surface area contributed by atoms with Gasteiger partial charge in [-0.25, -0.2) is 0 Å². The maximum atomic E-state index is 12.1. The van der Waals surface area contributed by atoms with Crippen molar-refractivity contribution in [2.45, 2.75) is 19.9 Å². The third kappa shape index (κ3) is 1.33. The molecule has 0 aliphatic carbocycles. The smallest absolute Gasteiger partial charge is 0.262 e. The lowest BCUT2D eigenvalue weighted by Crippen LogP contribution is -2.21. The molecule has 0 fully saturated rings. The molecule has 2 rings (SSSR count). The molecular formula is C11H15N3O. The highest BCUT2D eigenvalue weighted by atomic mass is 16.1. The zero-order chi connectivity index (χ0) is 11.2. The van der Waals surface area contributed by atoms with Gasteiger partial charge in [0, 0.05) is 25.5 Å². The van der Waals surface area contributed by atoms with Crippen LogP contribution in [0.2, 0.25) is 0 Å². The lowest BCUT2D eigenvalue weighted by Gasteiger charge is -2.09. The molecule has 0 atom stereocenters. The number of nitrogens with zero attached hydrogens (tertiary/aromatic N) is 2. The number of hydrogen-bond donors (Lipinski definition) is 1. The Bertz CT molecular complexity index is 563. The fraction of sp³-hybridized carbons (Fsp3) is 0.364. The molecule has 0 amide bonds. The summed E-state index contributed by atoms with van der Waals surface area (Å²) in [5.74, 6) is 0. The number of nitrogens with two attached hydrogens (primary N) is 1. The molecule has 0 aromatic carbocycles. The van der Waals surface area contributed by atoms with E-state index in [0.29, 0.717) is 11.1 Å². The van der Waals surface area contributed by atoms with Crippen LogP contribution in [0.4, 0.5) is 5.69 Å². The van der Waals surface area contributed by atoms with Gasteiger partial charge >= 0.3 is 0 Å². The van der Waals surface area contributed by atoms with E-state index in [-0.39, 0.29) is 11.6 Å². The first-order valence-electron chi connectivity index (χ1n) is 4.98. The molecule has 15 heavy (non-hydrogen) atoms. The first-order chi connectivity index (χ1) is 7.02. The molecule has 2 aromatic heterocycles. The lowest BCUT2D eigenvalue weighted by molar-refractivity contribution is 0.582. The Kier molecular flexibility index (Phi) is 2.07. The second-order valence-electron chi connectivity index (χ2n) is 4.08. The fourth-order valence-corrected chi connectivity index (χ4v) is 1.86. The van der Waals surface area contributed by atoms with E-state index in [9.17, 15) is 4.79 Å². The van der Waals surface area contributed by atoms with E-state index in [1.165, 1.54) is 0 Å². The summed E-state index contributed by atoms with van der Waals surface area (Å²) in [4.78, 5) is 12.1. The van der Waals surface area contributed by atoms with E-state index in [1.54, 1.807) is 10.8 Å². The second-order valence-corrected chi connectivity index (χ2v) is 4.08. The van der Waals surface area contributed by atoms with E-state index < -0.39 is 0 Å². The minimum Gasteiger partial charge on any atom is -0.397 e. The van der Waals surface area contributed by atoms with Gasteiger partial charge in [-0.05, 0) is 19.9 Å². The fourth-order valence-electron chi connectivity index (χ4n) is 1.86. The number of hydrogen-bond acceptors (Lipinski definition) is 2. The highest BCUT2D eigenvalue weighted by Crippen LogP contribution is 2.19. The predicted octanol–water partition coefficient (Wildman–Crippen LogP) is 1.50. The van der Waals surface area contributed by atoms with E-state index in [0.717, 1.165) is 5.52 Å². The molecule has 4 heteroatoms. The molecule has 2 aromatic rings. The Labute approximate surface area is 87.9 Å². The topological polar surface area (TPSA) is 52.9 Å². The SMILES string of the molecule is CC(C)n1ccc2c(c(N)cn2C)c1=O. The maximum absolute atomic E-state index is 12.1. The molecule has 0 aliphatic heterocycles. The number of fused-ring (bicyclic) bond motifs is 1. The van der Waals surface area contributed by atoms with Gasteiger partial charge in [0.15, 0.2) is 0 Å². The van der Waals surface area contributed by atoms with Crippen molar-refractivity contribution in [2.75, 3.05) is 5.73 Å². The van der Waals surface area contributed by atoms with Gasteiger partial charge in [-0.1, -0.05) is 0 Å². The summed E-state index contributed by atoms with van der Waals surface area (Å²) in [5, 5.41) is 0.619. The Morgan fingerprint density at radius 1 is 1.40 bits per heavy atom. The van der Waals surface area contributed by atoms with Crippen molar-refractivity contribution in [3.05, 3.63) is 28.8 Å². The van der Waals surface area contributed by atoms with Gasteiger partial charge in [0.25, 0.3) is 5.56 Å². The van der Waals surface area contributed by atoms with Crippen LogP contribution in [0, 0.1) is 0 Å². The number of rotatable bonds is 1.